The number of rotatable bonds is 5. The maximum absolute atomic E-state index is 11.6. The SMILES string of the molecule is CCn1cc(C(=O)O)c2cc(-c3nc(CN4CCCC4)cs3)ccc21. The van der Waals surface area contributed by atoms with Crippen molar-refractivity contribution in [1.29, 1.82) is 0 Å². The van der Waals surface area contributed by atoms with E-state index in [-0.39, 0.29) is 0 Å². The van der Waals surface area contributed by atoms with E-state index in [9.17, 15) is 9.90 Å². The van der Waals surface area contributed by atoms with Crippen molar-refractivity contribution >= 4 is 28.2 Å². The molecule has 4 rings (SSSR count). The fraction of sp³-hybridized carbons (Fsp3) is 0.368. The molecule has 1 N–H and O–H groups in total. The highest BCUT2D eigenvalue weighted by Gasteiger charge is 2.17. The molecule has 5 nitrogen and oxygen atoms in total. The summed E-state index contributed by atoms with van der Waals surface area (Å²) < 4.78 is 1.98. The average Bonchev–Trinajstić information content (AvgIpc) is 3.34. The third kappa shape index (κ3) is 3.07. The van der Waals surface area contributed by atoms with Gasteiger partial charge in [-0.2, -0.15) is 0 Å². The van der Waals surface area contributed by atoms with Gasteiger partial charge < -0.3 is 9.67 Å². The molecular formula is C19H21N3O2S. The Kier molecular flexibility index (Phi) is 4.31. The van der Waals surface area contributed by atoms with Crippen LogP contribution < -0.4 is 0 Å². The van der Waals surface area contributed by atoms with Gasteiger partial charge >= 0.3 is 5.97 Å². The van der Waals surface area contributed by atoms with Crippen molar-refractivity contribution in [2.24, 2.45) is 0 Å². The van der Waals surface area contributed by atoms with Crippen molar-refractivity contribution in [3.05, 3.63) is 41.0 Å². The van der Waals surface area contributed by atoms with Crippen molar-refractivity contribution in [3.8, 4) is 10.6 Å². The molecule has 1 fully saturated rings. The molecule has 3 heterocycles. The summed E-state index contributed by atoms with van der Waals surface area (Å²) in [6.07, 6.45) is 4.28. The van der Waals surface area contributed by atoms with E-state index in [4.69, 9.17) is 4.98 Å². The molecule has 0 aliphatic carbocycles. The predicted molar refractivity (Wildman–Crippen MR) is 100 cm³/mol. The minimum atomic E-state index is -0.886. The van der Waals surface area contributed by atoms with Gasteiger partial charge in [0.05, 0.1) is 11.3 Å². The number of aromatic nitrogens is 2. The zero-order chi connectivity index (χ0) is 17.4. The minimum Gasteiger partial charge on any atom is -0.478 e. The van der Waals surface area contributed by atoms with Gasteiger partial charge in [0.25, 0.3) is 0 Å². The third-order valence-electron chi connectivity index (χ3n) is 4.84. The van der Waals surface area contributed by atoms with E-state index in [1.165, 1.54) is 12.8 Å². The summed E-state index contributed by atoms with van der Waals surface area (Å²) in [5, 5.41) is 13.3. The smallest absolute Gasteiger partial charge is 0.337 e. The van der Waals surface area contributed by atoms with Crippen LogP contribution in [-0.2, 0) is 13.1 Å². The number of benzene rings is 1. The molecule has 0 atom stereocenters. The number of thiazole rings is 1. The van der Waals surface area contributed by atoms with E-state index in [1.54, 1.807) is 17.5 Å². The molecule has 3 aromatic rings. The Morgan fingerprint density at radius 1 is 1.32 bits per heavy atom. The summed E-state index contributed by atoms with van der Waals surface area (Å²) in [6.45, 7) is 5.99. The third-order valence-corrected chi connectivity index (χ3v) is 5.78. The summed E-state index contributed by atoms with van der Waals surface area (Å²) in [6, 6.07) is 6.00. The number of aryl methyl sites for hydroxylation is 1. The normalized spacial score (nSPS) is 15.2. The first-order valence-electron chi connectivity index (χ1n) is 8.69. The second kappa shape index (κ2) is 6.61. The zero-order valence-corrected chi connectivity index (χ0v) is 15.1. The Bertz CT molecular complexity index is 922. The monoisotopic (exact) mass is 355 g/mol. The Labute approximate surface area is 150 Å². The Morgan fingerprint density at radius 3 is 2.84 bits per heavy atom. The van der Waals surface area contributed by atoms with Gasteiger partial charge in [0.1, 0.15) is 5.01 Å². The van der Waals surface area contributed by atoms with Gasteiger partial charge in [-0.05, 0) is 51.1 Å². The van der Waals surface area contributed by atoms with Crippen molar-refractivity contribution in [2.75, 3.05) is 13.1 Å². The zero-order valence-electron chi connectivity index (χ0n) is 14.2. The van der Waals surface area contributed by atoms with Gasteiger partial charge in [0.2, 0.25) is 0 Å². The quantitative estimate of drug-likeness (QED) is 0.749. The van der Waals surface area contributed by atoms with Crippen molar-refractivity contribution in [1.82, 2.24) is 14.5 Å². The number of carboxylic acids is 1. The molecule has 0 bridgehead atoms. The molecule has 2 aromatic heterocycles. The molecule has 0 spiro atoms. The lowest BCUT2D eigenvalue weighted by atomic mass is 10.1. The van der Waals surface area contributed by atoms with E-state index >= 15 is 0 Å². The Balaban J connectivity index is 1.68. The average molecular weight is 355 g/mol. The molecule has 0 saturated carbocycles. The maximum atomic E-state index is 11.6. The van der Waals surface area contributed by atoms with Gasteiger partial charge in [0, 0.05) is 41.1 Å². The fourth-order valence-corrected chi connectivity index (χ4v) is 4.35. The first-order valence-corrected chi connectivity index (χ1v) is 9.57. The highest BCUT2D eigenvalue weighted by atomic mass is 32.1. The number of carboxylic acid groups (broad SMARTS) is 1. The van der Waals surface area contributed by atoms with E-state index in [0.29, 0.717) is 5.56 Å². The van der Waals surface area contributed by atoms with Crippen LogP contribution in [0.5, 0.6) is 0 Å². The summed E-state index contributed by atoms with van der Waals surface area (Å²) in [7, 11) is 0. The largest absolute Gasteiger partial charge is 0.478 e. The van der Waals surface area contributed by atoms with Crippen molar-refractivity contribution in [3.63, 3.8) is 0 Å². The van der Waals surface area contributed by atoms with Gasteiger partial charge in [-0.1, -0.05) is 0 Å². The molecule has 0 amide bonds. The van der Waals surface area contributed by atoms with Gasteiger partial charge in [-0.15, -0.1) is 11.3 Å². The van der Waals surface area contributed by atoms with Gasteiger partial charge in [-0.3, -0.25) is 4.90 Å². The van der Waals surface area contributed by atoms with Crippen LogP contribution in [0.25, 0.3) is 21.5 Å². The molecule has 1 aliphatic rings. The van der Waals surface area contributed by atoms with E-state index in [2.05, 4.69) is 10.3 Å². The second-order valence-electron chi connectivity index (χ2n) is 6.49. The summed E-state index contributed by atoms with van der Waals surface area (Å²) in [4.78, 5) is 18.8. The van der Waals surface area contributed by atoms with Gasteiger partial charge in [-0.25, -0.2) is 9.78 Å². The van der Waals surface area contributed by atoms with Crippen LogP contribution in [-0.4, -0.2) is 38.6 Å². The number of hydrogen-bond donors (Lipinski definition) is 1. The molecule has 6 heteroatoms. The fourth-order valence-electron chi connectivity index (χ4n) is 3.54. The number of nitrogens with zero attached hydrogens (tertiary/aromatic N) is 3. The summed E-state index contributed by atoms with van der Waals surface area (Å²) in [5.74, 6) is -0.886. The van der Waals surface area contributed by atoms with Crippen LogP contribution in [0.2, 0.25) is 0 Å². The maximum Gasteiger partial charge on any atom is 0.337 e. The van der Waals surface area contributed by atoms with Crippen LogP contribution in [0, 0.1) is 0 Å². The van der Waals surface area contributed by atoms with Crippen molar-refractivity contribution < 1.29 is 9.90 Å². The minimum absolute atomic E-state index is 0.354. The molecular weight excluding hydrogens is 334 g/mol. The van der Waals surface area contributed by atoms with Crippen LogP contribution in [0.4, 0.5) is 0 Å². The lowest BCUT2D eigenvalue weighted by Crippen LogP contribution is -2.18. The first-order chi connectivity index (χ1) is 12.2. The van der Waals surface area contributed by atoms with E-state index in [0.717, 1.165) is 53.3 Å². The first kappa shape index (κ1) is 16.3. The van der Waals surface area contributed by atoms with Crippen molar-refractivity contribution in [2.45, 2.75) is 32.9 Å². The number of carbonyl (C=O) groups is 1. The molecule has 0 radical (unpaired) electrons. The summed E-state index contributed by atoms with van der Waals surface area (Å²) >= 11 is 1.63. The number of hydrogen-bond acceptors (Lipinski definition) is 4. The highest BCUT2D eigenvalue weighted by molar-refractivity contribution is 7.13. The number of aromatic carboxylic acids is 1. The van der Waals surface area contributed by atoms with Crippen LogP contribution >= 0.6 is 11.3 Å². The number of likely N-dealkylation sites (tertiary alicyclic amines) is 1. The van der Waals surface area contributed by atoms with Crippen LogP contribution in [0.15, 0.2) is 29.8 Å². The summed E-state index contributed by atoms with van der Waals surface area (Å²) in [5.41, 5.74) is 3.40. The molecule has 1 aliphatic heterocycles. The second-order valence-corrected chi connectivity index (χ2v) is 7.35. The highest BCUT2D eigenvalue weighted by Crippen LogP contribution is 2.30. The lowest BCUT2D eigenvalue weighted by molar-refractivity contribution is 0.0699. The van der Waals surface area contributed by atoms with Crippen LogP contribution in [0.1, 0.15) is 35.8 Å². The Morgan fingerprint density at radius 2 is 2.12 bits per heavy atom. The van der Waals surface area contributed by atoms with Gasteiger partial charge in [0.15, 0.2) is 0 Å². The molecule has 1 saturated heterocycles. The Hall–Kier alpha value is -2.18. The lowest BCUT2D eigenvalue weighted by Gasteiger charge is -2.11. The van der Waals surface area contributed by atoms with E-state index in [1.807, 2.05) is 29.7 Å². The molecule has 25 heavy (non-hydrogen) atoms. The van der Waals surface area contributed by atoms with E-state index < -0.39 is 5.97 Å². The topological polar surface area (TPSA) is 58.4 Å². The molecule has 0 unspecified atom stereocenters. The molecule has 1 aromatic carbocycles. The standard InChI is InChI=1S/C19H21N3O2S/c1-2-22-11-16(19(23)24)15-9-13(5-6-17(15)22)18-20-14(12-25-18)10-21-7-3-4-8-21/h5-6,9,11-12H,2-4,7-8,10H2,1H3,(H,23,24). The van der Waals surface area contributed by atoms with Crippen LogP contribution in [0.3, 0.4) is 0 Å². The predicted octanol–water partition coefficient (Wildman–Crippen LogP) is 4.08. The number of fused-ring (bicyclic) bond motifs is 1. The molecule has 130 valence electrons.